The lowest BCUT2D eigenvalue weighted by atomic mass is 9.95. The molecule has 0 unspecified atom stereocenters. The summed E-state index contributed by atoms with van der Waals surface area (Å²) in [6.45, 7) is 3.34. The zero-order valence-electron chi connectivity index (χ0n) is 13.2. The quantitative estimate of drug-likeness (QED) is 0.930. The molecular weight excluding hydrogens is 296 g/mol. The van der Waals surface area contributed by atoms with Crippen molar-refractivity contribution < 1.29 is 9.59 Å². The molecule has 0 aromatic carbocycles. The molecule has 1 N–H and O–H groups in total. The first-order chi connectivity index (χ1) is 10.7. The van der Waals surface area contributed by atoms with Gasteiger partial charge in [0.1, 0.15) is 0 Å². The summed E-state index contributed by atoms with van der Waals surface area (Å²) < 4.78 is 0. The Balaban J connectivity index is 1.65. The van der Waals surface area contributed by atoms with Crippen LogP contribution in [-0.2, 0) is 17.8 Å². The van der Waals surface area contributed by atoms with Gasteiger partial charge in [0.15, 0.2) is 0 Å². The summed E-state index contributed by atoms with van der Waals surface area (Å²) in [5.74, 6) is 0.268. The molecule has 1 aromatic rings. The van der Waals surface area contributed by atoms with Crippen molar-refractivity contribution in [3.05, 3.63) is 21.4 Å². The van der Waals surface area contributed by atoms with Gasteiger partial charge in [-0.15, -0.1) is 11.3 Å². The van der Waals surface area contributed by atoms with Gasteiger partial charge >= 0.3 is 0 Å². The Kier molecular flexibility index (Phi) is 4.81. The van der Waals surface area contributed by atoms with Crippen molar-refractivity contribution in [2.75, 3.05) is 6.54 Å². The lowest BCUT2D eigenvalue weighted by Gasteiger charge is -2.26. The predicted molar refractivity (Wildman–Crippen MR) is 88.1 cm³/mol. The third kappa shape index (κ3) is 3.35. The fraction of sp³-hybridized carbons (Fsp3) is 0.647. The largest absolute Gasteiger partial charge is 0.349 e. The number of rotatable bonds is 3. The minimum absolute atomic E-state index is 0.0691. The highest BCUT2D eigenvalue weighted by Crippen LogP contribution is 2.29. The first-order valence-electron chi connectivity index (χ1n) is 8.37. The van der Waals surface area contributed by atoms with Gasteiger partial charge in [-0.2, -0.15) is 0 Å². The van der Waals surface area contributed by atoms with E-state index in [0.29, 0.717) is 19.0 Å². The van der Waals surface area contributed by atoms with E-state index < -0.39 is 0 Å². The highest BCUT2D eigenvalue weighted by molar-refractivity contribution is 7.14. The second kappa shape index (κ2) is 6.82. The van der Waals surface area contributed by atoms with Crippen molar-refractivity contribution in [1.82, 2.24) is 10.2 Å². The predicted octanol–water partition coefficient (Wildman–Crippen LogP) is 3.11. The van der Waals surface area contributed by atoms with Crippen LogP contribution in [0, 0.1) is 0 Å². The molecule has 1 aliphatic carbocycles. The minimum atomic E-state index is 0.0691. The number of nitrogens with one attached hydrogen (secondary N) is 1. The second-order valence-corrected chi connectivity index (χ2v) is 7.42. The van der Waals surface area contributed by atoms with E-state index in [4.69, 9.17) is 0 Å². The van der Waals surface area contributed by atoms with E-state index in [9.17, 15) is 9.59 Å². The molecular formula is C17H24N2O2S. The van der Waals surface area contributed by atoms with Gasteiger partial charge < -0.3 is 10.2 Å². The Morgan fingerprint density at radius 2 is 2.09 bits per heavy atom. The van der Waals surface area contributed by atoms with E-state index in [1.54, 1.807) is 11.3 Å². The molecule has 1 aromatic heterocycles. The van der Waals surface area contributed by atoms with Crippen LogP contribution in [0.2, 0.25) is 0 Å². The van der Waals surface area contributed by atoms with E-state index in [0.717, 1.165) is 36.2 Å². The number of hydrogen-bond donors (Lipinski definition) is 1. The number of nitrogens with zero attached hydrogens (tertiary/aromatic N) is 1. The molecule has 0 bridgehead atoms. The third-order valence-electron chi connectivity index (χ3n) is 4.69. The maximum absolute atomic E-state index is 12.4. The Morgan fingerprint density at radius 1 is 1.32 bits per heavy atom. The summed E-state index contributed by atoms with van der Waals surface area (Å²) in [5.41, 5.74) is 1.16. The highest BCUT2D eigenvalue weighted by atomic mass is 32.1. The molecule has 2 heterocycles. The van der Waals surface area contributed by atoms with Gasteiger partial charge in [-0.1, -0.05) is 26.2 Å². The van der Waals surface area contributed by atoms with E-state index in [1.165, 1.54) is 24.1 Å². The molecule has 0 spiro atoms. The fourth-order valence-electron chi connectivity index (χ4n) is 3.38. The van der Waals surface area contributed by atoms with Gasteiger partial charge in [-0.25, -0.2) is 0 Å². The summed E-state index contributed by atoms with van der Waals surface area (Å²) in [5, 5.41) is 3.18. The number of fused-ring (bicyclic) bond motifs is 1. The SMILES string of the molecule is CCC(=O)N1CCc2sc(C(=O)NC3CCCCC3)cc2C1. The molecule has 2 aliphatic rings. The van der Waals surface area contributed by atoms with Gasteiger partial charge in [-0.05, 0) is 30.9 Å². The number of thiophene rings is 1. The molecule has 0 atom stereocenters. The van der Waals surface area contributed by atoms with Gasteiger partial charge in [0.2, 0.25) is 5.91 Å². The summed E-state index contributed by atoms with van der Waals surface area (Å²) >= 11 is 1.60. The summed E-state index contributed by atoms with van der Waals surface area (Å²) in [7, 11) is 0. The van der Waals surface area contributed by atoms with E-state index in [-0.39, 0.29) is 11.8 Å². The van der Waals surface area contributed by atoms with Crippen LogP contribution >= 0.6 is 11.3 Å². The average Bonchev–Trinajstić information content (AvgIpc) is 2.98. The van der Waals surface area contributed by atoms with E-state index in [2.05, 4.69) is 5.32 Å². The number of hydrogen-bond acceptors (Lipinski definition) is 3. The van der Waals surface area contributed by atoms with Crippen molar-refractivity contribution in [3.63, 3.8) is 0 Å². The lowest BCUT2D eigenvalue weighted by Crippen LogP contribution is -2.35. The molecule has 0 saturated heterocycles. The zero-order valence-corrected chi connectivity index (χ0v) is 14.0. The Labute approximate surface area is 135 Å². The normalized spacial score (nSPS) is 18.9. The maximum atomic E-state index is 12.4. The van der Waals surface area contributed by atoms with Gasteiger partial charge in [-0.3, -0.25) is 9.59 Å². The summed E-state index contributed by atoms with van der Waals surface area (Å²) in [6.07, 6.45) is 7.38. The van der Waals surface area contributed by atoms with Crippen molar-refractivity contribution in [2.24, 2.45) is 0 Å². The minimum Gasteiger partial charge on any atom is -0.349 e. The zero-order chi connectivity index (χ0) is 15.5. The number of amides is 2. The van der Waals surface area contributed by atoms with Gasteiger partial charge in [0.25, 0.3) is 5.91 Å². The van der Waals surface area contributed by atoms with E-state index >= 15 is 0 Å². The summed E-state index contributed by atoms with van der Waals surface area (Å²) in [4.78, 5) is 28.2. The van der Waals surface area contributed by atoms with Crippen molar-refractivity contribution in [1.29, 1.82) is 0 Å². The van der Waals surface area contributed by atoms with Crippen molar-refractivity contribution in [3.8, 4) is 0 Å². The average molecular weight is 320 g/mol. The maximum Gasteiger partial charge on any atom is 0.261 e. The van der Waals surface area contributed by atoms with Gasteiger partial charge in [0.05, 0.1) is 4.88 Å². The molecule has 2 amide bonds. The van der Waals surface area contributed by atoms with Crippen LogP contribution in [0.1, 0.15) is 65.6 Å². The van der Waals surface area contributed by atoms with E-state index in [1.807, 2.05) is 17.9 Å². The smallest absolute Gasteiger partial charge is 0.261 e. The molecule has 4 nitrogen and oxygen atoms in total. The van der Waals surface area contributed by atoms with Crippen LogP contribution in [-0.4, -0.2) is 29.3 Å². The fourth-order valence-corrected chi connectivity index (χ4v) is 4.45. The Morgan fingerprint density at radius 3 is 2.82 bits per heavy atom. The molecule has 3 rings (SSSR count). The molecule has 22 heavy (non-hydrogen) atoms. The van der Waals surface area contributed by atoms with Crippen LogP contribution in [0.3, 0.4) is 0 Å². The molecule has 1 aliphatic heterocycles. The van der Waals surface area contributed by atoms with Gasteiger partial charge in [0, 0.05) is 30.4 Å². The number of carbonyl (C=O) groups is 2. The van der Waals surface area contributed by atoms with Crippen molar-refractivity contribution in [2.45, 2.75) is 64.5 Å². The molecule has 1 fully saturated rings. The number of carbonyl (C=O) groups excluding carboxylic acids is 2. The van der Waals surface area contributed by atoms with Crippen molar-refractivity contribution >= 4 is 23.2 Å². The molecule has 120 valence electrons. The standard InChI is InChI=1S/C17H24N2O2S/c1-2-16(20)19-9-8-14-12(11-19)10-15(22-14)17(21)18-13-6-4-3-5-7-13/h10,13H,2-9,11H2,1H3,(H,18,21). The lowest BCUT2D eigenvalue weighted by molar-refractivity contribution is -0.131. The van der Waals surface area contributed by atoms with Crippen LogP contribution < -0.4 is 5.32 Å². The van der Waals surface area contributed by atoms with Crippen LogP contribution in [0.4, 0.5) is 0 Å². The summed E-state index contributed by atoms with van der Waals surface area (Å²) in [6, 6.07) is 2.34. The van der Waals surface area contributed by atoms with Crippen LogP contribution in [0.15, 0.2) is 6.07 Å². The Bertz CT molecular complexity index is 561. The van der Waals surface area contributed by atoms with Crippen LogP contribution in [0.5, 0.6) is 0 Å². The topological polar surface area (TPSA) is 49.4 Å². The Hall–Kier alpha value is -1.36. The first kappa shape index (κ1) is 15.5. The third-order valence-corrected chi connectivity index (χ3v) is 5.92. The van der Waals surface area contributed by atoms with Crippen LogP contribution in [0.25, 0.3) is 0 Å². The first-order valence-corrected chi connectivity index (χ1v) is 9.19. The monoisotopic (exact) mass is 320 g/mol. The molecule has 1 saturated carbocycles. The molecule has 0 radical (unpaired) electrons. The molecule has 5 heteroatoms. The second-order valence-electron chi connectivity index (χ2n) is 6.29. The highest BCUT2D eigenvalue weighted by Gasteiger charge is 2.24.